The largest absolute Gasteiger partial charge is 0.389 e. The molecule has 0 rings (SSSR count). The van der Waals surface area contributed by atoms with Gasteiger partial charge in [-0.05, 0) is 37.6 Å². The van der Waals surface area contributed by atoms with Gasteiger partial charge in [0.05, 0.1) is 0 Å². The van der Waals surface area contributed by atoms with Crippen molar-refractivity contribution in [2.75, 3.05) is 6.54 Å². The molecule has 0 aromatic heterocycles. The number of hydrogen-bond acceptors (Lipinski definition) is 2. The number of carbonyl (C=O) groups excluding carboxylic acids is 1. The maximum atomic E-state index is 11.9. The summed E-state index contributed by atoms with van der Waals surface area (Å²) in [5, 5.41) is 0. The van der Waals surface area contributed by atoms with Crippen LogP contribution in [0.1, 0.15) is 52.4 Å². The fraction of sp³-hybridized carbons (Fsp3) is 0.923. The smallest absolute Gasteiger partial charge is 0.330 e. The molecular weight excluding hydrogens is 243 g/mol. The van der Waals surface area contributed by atoms with Crippen molar-refractivity contribution in [2.45, 2.75) is 58.5 Å². The Labute approximate surface area is 107 Å². The van der Waals surface area contributed by atoms with Crippen LogP contribution < -0.4 is 5.73 Å². The van der Waals surface area contributed by atoms with Crippen molar-refractivity contribution in [3.05, 3.63) is 0 Å². The van der Waals surface area contributed by atoms with E-state index in [0.29, 0.717) is 24.8 Å². The topological polar surface area (TPSA) is 43.1 Å². The van der Waals surface area contributed by atoms with E-state index >= 15 is 0 Å². The molecule has 0 heterocycles. The number of Topliss-reactive ketones (excluding diaryl/α,β-unsaturated/α-hetero) is 1. The van der Waals surface area contributed by atoms with Crippen molar-refractivity contribution < 1.29 is 18.0 Å². The molecular formula is C13H24F3NO. The van der Waals surface area contributed by atoms with Gasteiger partial charge in [-0.15, -0.1) is 0 Å². The Morgan fingerprint density at radius 1 is 1.17 bits per heavy atom. The molecule has 0 aromatic rings. The molecule has 108 valence electrons. The van der Waals surface area contributed by atoms with Crippen LogP contribution in [0, 0.1) is 11.8 Å². The highest BCUT2D eigenvalue weighted by atomic mass is 19.4. The second-order valence-corrected chi connectivity index (χ2v) is 5.13. The summed E-state index contributed by atoms with van der Waals surface area (Å²) in [5.41, 5.74) is 5.49. The molecule has 5 heteroatoms. The van der Waals surface area contributed by atoms with Crippen LogP contribution in [0.4, 0.5) is 13.2 Å². The fourth-order valence-corrected chi connectivity index (χ4v) is 1.98. The Kier molecular flexibility index (Phi) is 8.24. The second-order valence-electron chi connectivity index (χ2n) is 5.13. The third-order valence-electron chi connectivity index (χ3n) is 3.19. The van der Waals surface area contributed by atoms with Crippen molar-refractivity contribution in [1.82, 2.24) is 0 Å². The van der Waals surface area contributed by atoms with E-state index in [9.17, 15) is 18.0 Å². The van der Waals surface area contributed by atoms with E-state index in [1.807, 2.05) is 0 Å². The van der Waals surface area contributed by atoms with Crippen LogP contribution in [-0.2, 0) is 4.79 Å². The molecule has 0 aromatic carbocycles. The second kappa shape index (κ2) is 8.51. The molecule has 0 aliphatic rings. The van der Waals surface area contributed by atoms with Crippen molar-refractivity contribution in [3.63, 3.8) is 0 Å². The molecule has 0 saturated carbocycles. The van der Waals surface area contributed by atoms with Crippen LogP contribution in [0.5, 0.6) is 0 Å². The minimum atomic E-state index is -4.15. The van der Waals surface area contributed by atoms with Gasteiger partial charge in [-0.1, -0.05) is 13.8 Å². The van der Waals surface area contributed by atoms with E-state index in [1.165, 1.54) is 0 Å². The molecule has 1 atom stereocenters. The number of alkyl halides is 3. The van der Waals surface area contributed by atoms with Gasteiger partial charge in [0.25, 0.3) is 0 Å². The zero-order chi connectivity index (χ0) is 14.2. The van der Waals surface area contributed by atoms with Gasteiger partial charge in [-0.3, -0.25) is 4.79 Å². The van der Waals surface area contributed by atoms with Crippen LogP contribution in [-0.4, -0.2) is 18.5 Å². The molecule has 18 heavy (non-hydrogen) atoms. The third-order valence-corrected chi connectivity index (χ3v) is 3.19. The third kappa shape index (κ3) is 9.45. The first-order valence-corrected chi connectivity index (χ1v) is 6.54. The lowest BCUT2D eigenvalue weighted by atomic mass is 9.87. The molecule has 0 amide bonds. The summed E-state index contributed by atoms with van der Waals surface area (Å²) in [6.07, 6.45) is -3.10. The Bertz CT molecular complexity index is 239. The predicted octanol–water partition coefficient (Wildman–Crippen LogP) is 3.69. The number of rotatable bonds is 9. The Hall–Kier alpha value is -0.580. The van der Waals surface area contributed by atoms with Gasteiger partial charge in [0, 0.05) is 19.3 Å². The summed E-state index contributed by atoms with van der Waals surface area (Å²) in [5.74, 6) is 0.778. The summed E-state index contributed by atoms with van der Waals surface area (Å²) in [7, 11) is 0. The van der Waals surface area contributed by atoms with Gasteiger partial charge in [0.1, 0.15) is 5.78 Å². The number of carbonyl (C=O) groups is 1. The molecule has 0 spiro atoms. The minimum absolute atomic E-state index is 0.0347. The van der Waals surface area contributed by atoms with E-state index in [1.54, 1.807) is 0 Å². The van der Waals surface area contributed by atoms with Crippen LogP contribution in [0.15, 0.2) is 0 Å². The summed E-state index contributed by atoms with van der Waals surface area (Å²) in [6.45, 7) is 4.74. The molecule has 0 fully saturated rings. The zero-order valence-corrected chi connectivity index (χ0v) is 11.2. The number of hydrogen-bond donors (Lipinski definition) is 1. The highest BCUT2D eigenvalue weighted by Gasteiger charge is 2.26. The molecule has 2 nitrogen and oxygen atoms in total. The van der Waals surface area contributed by atoms with Gasteiger partial charge in [0.15, 0.2) is 0 Å². The molecule has 0 bridgehead atoms. The average Bonchev–Trinajstić information content (AvgIpc) is 2.21. The summed E-state index contributed by atoms with van der Waals surface area (Å²) in [6, 6.07) is 0. The van der Waals surface area contributed by atoms with Crippen molar-refractivity contribution in [3.8, 4) is 0 Å². The van der Waals surface area contributed by atoms with Crippen LogP contribution >= 0.6 is 0 Å². The SMILES string of the molecule is CC(C)C(CCN)CCC(=O)CCCC(F)(F)F. The highest BCUT2D eigenvalue weighted by molar-refractivity contribution is 5.78. The van der Waals surface area contributed by atoms with Gasteiger partial charge >= 0.3 is 6.18 Å². The first-order valence-electron chi connectivity index (χ1n) is 6.54. The molecule has 0 saturated heterocycles. The van der Waals surface area contributed by atoms with Crippen LogP contribution in [0.3, 0.4) is 0 Å². The maximum absolute atomic E-state index is 11.9. The number of ketones is 1. The maximum Gasteiger partial charge on any atom is 0.389 e. The van der Waals surface area contributed by atoms with Crippen LogP contribution in [0.25, 0.3) is 0 Å². The number of nitrogens with two attached hydrogens (primary N) is 1. The van der Waals surface area contributed by atoms with E-state index in [4.69, 9.17) is 5.73 Å². The van der Waals surface area contributed by atoms with Crippen LogP contribution in [0.2, 0.25) is 0 Å². The molecule has 0 radical (unpaired) electrons. The first-order chi connectivity index (χ1) is 8.26. The molecule has 0 aliphatic heterocycles. The van der Waals surface area contributed by atoms with Gasteiger partial charge < -0.3 is 5.73 Å². The lowest BCUT2D eigenvalue weighted by molar-refractivity contribution is -0.137. The first kappa shape index (κ1) is 17.4. The van der Waals surface area contributed by atoms with E-state index in [2.05, 4.69) is 13.8 Å². The number of halogens is 3. The standard InChI is InChI=1S/C13H24F3NO/c1-10(2)11(7-9-17)5-6-12(18)4-3-8-13(14,15)16/h10-11H,3-9,17H2,1-2H3. The Morgan fingerprint density at radius 2 is 1.78 bits per heavy atom. The monoisotopic (exact) mass is 267 g/mol. The van der Waals surface area contributed by atoms with E-state index < -0.39 is 12.6 Å². The van der Waals surface area contributed by atoms with Crippen molar-refractivity contribution in [1.29, 1.82) is 0 Å². The van der Waals surface area contributed by atoms with Crippen molar-refractivity contribution in [2.24, 2.45) is 17.6 Å². The van der Waals surface area contributed by atoms with Gasteiger partial charge in [-0.25, -0.2) is 0 Å². The molecule has 2 N–H and O–H groups in total. The fourth-order valence-electron chi connectivity index (χ4n) is 1.98. The average molecular weight is 267 g/mol. The zero-order valence-electron chi connectivity index (χ0n) is 11.2. The molecule has 0 aliphatic carbocycles. The van der Waals surface area contributed by atoms with E-state index in [0.717, 1.165) is 12.8 Å². The van der Waals surface area contributed by atoms with Gasteiger partial charge in [-0.2, -0.15) is 13.2 Å². The molecule has 1 unspecified atom stereocenters. The van der Waals surface area contributed by atoms with Crippen molar-refractivity contribution >= 4 is 5.78 Å². The lowest BCUT2D eigenvalue weighted by Crippen LogP contribution is -2.16. The van der Waals surface area contributed by atoms with E-state index in [-0.39, 0.29) is 18.6 Å². The predicted molar refractivity (Wildman–Crippen MR) is 66.1 cm³/mol. The van der Waals surface area contributed by atoms with Gasteiger partial charge in [0.2, 0.25) is 0 Å². The summed E-state index contributed by atoms with van der Waals surface area (Å²) < 4.78 is 35.7. The Morgan fingerprint density at radius 3 is 2.22 bits per heavy atom. The normalized spacial score (nSPS) is 13.9. The Balaban J connectivity index is 3.81. The quantitative estimate of drug-likeness (QED) is 0.692. The minimum Gasteiger partial charge on any atom is -0.330 e. The highest BCUT2D eigenvalue weighted by Crippen LogP contribution is 2.24. The lowest BCUT2D eigenvalue weighted by Gasteiger charge is -2.19. The summed E-state index contributed by atoms with van der Waals surface area (Å²) in [4.78, 5) is 11.5. The summed E-state index contributed by atoms with van der Waals surface area (Å²) >= 11 is 0.